The van der Waals surface area contributed by atoms with E-state index in [1.165, 1.54) is 18.3 Å². The predicted molar refractivity (Wildman–Crippen MR) is 121 cm³/mol. The first kappa shape index (κ1) is 23.9. The molecular formula is C22H13ClF3N3O3S2. The van der Waals surface area contributed by atoms with Gasteiger partial charge in [0, 0.05) is 28.4 Å². The number of nitrogens with one attached hydrogen (secondary N) is 1. The van der Waals surface area contributed by atoms with Crippen LogP contribution in [0.1, 0.15) is 26.9 Å². The van der Waals surface area contributed by atoms with E-state index in [1.54, 1.807) is 5.38 Å². The van der Waals surface area contributed by atoms with Crippen LogP contribution in [0.5, 0.6) is 0 Å². The molecule has 2 aromatic carbocycles. The zero-order valence-electron chi connectivity index (χ0n) is 16.9. The molecule has 2 heterocycles. The van der Waals surface area contributed by atoms with Crippen LogP contribution in [0.25, 0.3) is 0 Å². The summed E-state index contributed by atoms with van der Waals surface area (Å²) in [5, 5.41) is 2.53. The minimum atomic E-state index is -4.54. The van der Waals surface area contributed by atoms with E-state index >= 15 is 4.39 Å². The number of rotatable bonds is 6. The van der Waals surface area contributed by atoms with Gasteiger partial charge in [-0.1, -0.05) is 11.6 Å². The standard InChI is InChI=1S/C22H13ClF3N3O3S2/c23-13-1-4-15(5-2-13)34(31,32)20(16-10-14(24)3-6-17(16)25)19-18(26)9-12(11-28-19)21(30)29-22-27-7-8-33-22/h1-11,20H,(H,27,29,30). The second-order valence-electron chi connectivity index (χ2n) is 6.93. The third kappa shape index (κ3) is 4.81. The summed E-state index contributed by atoms with van der Waals surface area (Å²) >= 11 is 6.96. The Labute approximate surface area is 201 Å². The molecule has 0 aliphatic heterocycles. The van der Waals surface area contributed by atoms with Crippen LogP contribution in [-0.4, -0.2) is 24.3 Å². The molecule has 174 valence electrons. The molecule has 0 saturated heterocycles. The Morgan fingerprint density at radius 2 is 1.74 bits per heavy atom. The van der Waals surface area contributed by atoms with Gasteiger partial charge >= 0.3 is 0 Å². The number of thiazole rings is 1. The number of amides is 1. The molecule has 1 amide bonds. The highest BCUT2D eigenvalue weighted by Crippen LogP contribution is 2.37. The van der Waals surface area contributed by atoms with Crippen molar-refractivity contribution in [3.05, 3.63) is 106 Å². The van der Waals surface area contributed by atoms with E-state index in [1.807, 2.05) is 0 Å². The third-order valence-corrected chi connectivity index (χ3v) is 7.69. The lowest BCUT2D eigenvalue weighted by Crippen LogP contribution is -2.20. The Kier molecular flexibility index (Phi) is 6.69. The maximum atomic E-state index is 15.2. The van der Waals surface area contributed by atoms with Gasteiger partial charge in [0.15, 0.2) is 15.0 Å². The Morgan fingerprint density at radius 1 is 1.00 bits per heavy atom. The average molecular weight is 524 g/mol. The summed E-state index contributed by atoms with van der Waals surface area (Å²) in [5.41, 5.74) is -1.56. The number of sulfone groups is 1. The fraction of sp³-hybridized carbons (Fsp3) is 0.0455. The molecule has 6 nitrogen and oxygen atoms in total. The van der Waals surface area contributed by atoms with Gasteiger partial charge in [0.05, 0.1) is 16.2 Å². The van der Waals surface area contributed by atoms with Crippen molar-refractivity contribution in [3.8, 4) is 0 Å². The summed E-state index contributed by atoms with van der Waals surface area (Å²) in [5.74, 6) is -3.93. The molecule has 12 heteroatoms. The van der Waals surface area contributed by atoms with Crippen LogP contribution in [-0.2, 0) is 9.84 Å². The van der Waals surface area contributed by atoms with Crippen LogP contribution in [0.2, 0.25) is 5.02 Å². The van der Waals surface area contributed by atoms with Crippen LogP contribution in [0.4, 0.5) is 18.3 Å². The first-order chi connectivity index (χ1) is 16.2. The van der Waals surface area contributed by atoms with E-state index in [4.69, 9.17) is 11.6 Å². The predicted octanol–water partition coefficient (Wildman–Crippen LogP) is 5.42. The first-order valence-corrected chi connectivity index (χ1v) is 12.3. The number of carbonyl (C=O) groups excluding carboxylic acids is 1. The Balaban J connectivity index is 1.83. The molecule has 4 aromatic rings. The van der Waals surface area contributed by atoms with Gasteiger partial charge in [-0.3, -0.25) is 15.1 Å². The molecule has 0 aliphatic carbocycles. The average Bonchev–Trinajstić information content (AvgIpc) is 3.30. The number of nitrogens with zero attached hydrogens (tertiary/aromatic N) is 2. The van der Waals surface area contributed by atoms with Gasteiger partial charge in [-0.15, -0.1) is 11.3 Å². The monoisotopic (exact) mass is 523 g/mol. The zero-order chi connectivity index (χ0) is 24.5. The van der Waals surface area contributed by atoms with Crippen molar-refractivity contribution in [1.82, 2.24) is 9.97 Å². The number of aromatic nitrogens is 2. The van der Waals surface area contributed by atoms with Crippen molar-refractivity contribution in [3.63, 3.8) is 0 Å². The van der Waals surface area contributed by atoms with Gasteiger partial charge in [-0.25, -0.2) is 26.6 Å². The van der Waals surface area contributed by atoms with Crippen LogP contribution in [0.15, 0.2) is 71.2 Å². The van der Waals surface area contributed by atoms with Gasteiger partial charge in [-0.2, -0.15) is 0 Å². The minimum absolute atomic E-state index is 0.223. The van der Waals surface area contributed by atoms with E-state index in [2.05, 4.69) is 15.3 Å². The maximum Gasteiger partial charge on any atom is 0.259 e. The van der Waals surface area contributed by atoms with Gasteiger partial charge in [0.2, 0.25) is 0 Å². The second kappa shape index (κ2) is 9.53. The molecule has 1 unspecified atom stereocenters. The molecule has 1 N–H and O–H groups in total. The van der Waals surface area contributed by atoms with E-state index in [0.717, 1.165) is 47.9 Å². The Hall–Kier alpha value is -3.28. The molecule has 0 radical (unpaired) electrons. The normalized spacial score (nSPS) is 12.4. The molecule has 0 saturated carbocycles. The fourth-order valence-corrected chi connectivity index (χ4v) is 5.58. The Morgan fingerprint density at radius 3 is 2.38 bits per heavy atom. The van der Waals surface area contributed by atoms with Gasteiger partial charge in [0.25, 0.3) is 5.91 Å². The molecule has 0 spiro atoms. The highest BCUT2D eigenvalue weighted by molar-refractivity contribution is 7.91. The van der Waals surface area contributed by atoms with Crippen molar-refractivity contribution >= 4 is 43.8 Å². The topological polar surface area (TPSA) is 89.0 Å². The molecule has 1 atom stereocenters. The largest absolute Gasteiger partial charge is 0.298 e. The van der Waals surface area contributed by atoms with Gasteiger partial charge < -0.3 is 0 Å². The molecule has 0 bridgehead atoms. The lowest BCUT2D eigenvalue weighted by Gasteiger charge is -2.19. The van der Waals surface area contributed by atoms with Crippen molar-refractivity contribution in [2.24, 2.45) is 0 Å². The van der Waals surface area contributed by atoms with Crippen LogP contribution in [0.3, 0.4) is 0 Å². The highest BCUT2D eigenvalue weighted by Gasteiger charge is 2.36. The highest BCUT2D eigenvalue weighted by atomic mass is 35.5. The molecule has 0 aliphatic rings. The number of benzene rings is 2. The van der Waals surface area contributed by atoms with E-state index < -0.39 is 49.7 Å². The third-order valence-electron chi connectivity index (χ3n) is 4.73. The number of halogens is 4. The van der Waals surface area contributed by atoms with E-state index in [-0.39, 0.29) is 20.6 Å². The van der Waals surface area contributed by atoms with Crippen molar-refractivity contribution < 1.29 is 26.4 Å². The smallest absolute Gasteiger partial charge is 0.259 e. The zero-order valence-corrected chi connectivity index (χ0v) is 19.3. The molecule has 2 aromatic heterocycles. The van der Waals surface area contributed by atoms with E-state index in [0.29, 0.717) is 6.07 Å². The van der Waals surface area contributed by atoms with Crippen molar-refractivity contribution in [2.75, 3.05) is 5.32 Å². The molecular weight excluding hydrogens is 511 g/mol. The number of hydrogen-bond donors (Lipinski definition) is 1. The number of anilines is 1. The SMILES string of the molecule is O=C(Nc1nccs1)c1cnc(C(c2cc(F)ccc2F)S(=O)(=O)c2ccc(Cl)cc2)c(F)c1. The molecule has 34 heavy (non-hydrogen) atoms. The van der Waals surface area contributed by atoms with E-state index in [9.17, 15) is 22.0 Å². The lowest BCUT2D eigenvalue weighted by molar-refractivity contribution is 0.102. The quantitative estimate of drug-likeness (QED) is 0.364. The summed E-state index contributed by atoms with van der Waals surface area (Å²) in [4.78, 5) is 19.8. The maximum absolute atomic E-state index is 15.2. The van der Waals surface area contributed by atoms with Crippen molar-refractivity contribution in [1.29, 1.82) is 0 Å². The lowest BCUT2D eigenvalue weighted by atomic mass is 10.1. The summed E-state index contributed by atoms with van der Waals surface area (Å²) in [7, 11) is -4.54. The first-order valence-electron chi connectivity index (χ1n) is 9.47. The Bertz CT molecular complexity index is 1460. The summed E-state index contributed by atoms with van der Waals surface area (Å²) < 4.78 is 70.8. The van der Waals surface area contributed by atoms with Crippen molar-refractivity contribution in [2.45, 2.75) is 10.1 Å². The second-order valence-corrected chi connectivity index (χ2v) is 10.3. The van der Waals surface area contributed by atoms with Crippen LogP contribution < -0.4 is 5.32 Å². The molecule has 0 fully saturated rings. The summed E-state index contributed by atoms with van der Waals surface area (Å²) in [6.45, 7) is 0. The summed E-state index contributed by atoms with van der Waals surface area (Å²) in [6.07, 6.45) is 2.41. The number of carbonyl (C=O) groups is 1. The minimum Gasteiger partial charge on any atom is -0.298 e. The number of hydrogen-bond acceptors (Lipinski definition) is 6. The van der Waals surface area contributed by atoms with Crippen LogP contribution in [0, 0.1) is 17.5 Å². The summed E-state index contributed by atoms with van der Waals surface area (Å²) in [6, 6.07) is 7.89. The fourth-order valence-electron chi connectivity index (χ4n) is 3.16. The van der Waals surface area contributed by atoms with Gasteiger partial charge in [-0.05, 0) is 48.5 Å². The van der Waals surface area contributed by atoms with Gasteiger partial charge in [0.1, 0.15) is 22.7 Å². The number of pyridine rings is 1. The molecule has 4 rings (SSSR count). The van der Waals surface area contributed by atoms with Crippen LogP contribution >= 0.6 is 22.9 Å².